The molecule has 0 aliphatic heterocycles. The normalized spacial score (nSPS) is 11.8. The Balaban J connectivity index is 0.00000220. The van der Waals surface area contributed by atoms with Crippen LogP contribution in [0.4, 0.5) is 0 Å². The zero-order valence-corrected chi connectivity index (χ0v) is 76.2. The van der Waals surface area contributed by atoms with Crippen molar-refractivity contribution < 1.29 is 64.1 Å². The molecule has 0 bridgehead atoms. The minimum absolute atomic E-state index is 0. The van der Waals surface area contributed by atoms with Crippen LogP contribution >= 0.6 is 0 Å². The third-order valence-electron chi connectivity index (χ3n) is 21.0. The average molecular weight is 1640 g/mol. The van der Waals surface area contributed by atoms with Crippen molar-refractivity contribution in [3.05, 3.63) is 107 Å². The van der Waals surface area contributed by atoms with Crippen molar-refractivity contribution in [2.75, 3.05) is 26.4 Å². The second-order valence-corrected chi connectivity index (χ2v) is 34.2. The SMILES string of the molecule is CCCCCCCCC/C=C/CCCCCCCCCOC(=O)c1ccc(S(=O)(=O)[O-])cc1C(=O)OCCCCCCCCC/C=C/CCCCCCCCC.CCCCCCCCC/C=C/CCCCCCCCCOC(=O)c1ccc(S(=O)(=O)[O-])cc1C(=O)OCCCCCCCCC/C=C/CCCCCCCCC.[Ca+2]. The third-order valence-corrected chi connectivity index (χ3v) is 22.7. The molecule has 2 rings (SSSR count). The van der Waals surface area contributed by atoms with Gasteiger partial charge in [-0.2, -0.15) is 0 Å². The summed E-state index contributed by atoms with van der Waals surface area (Å²) in [7, 11) is -9.64. The molecule has 0 radical (unpaired) electrons. The van der Waals surface area contributed by atoms with E-state index in [4.69, 9.17) is 18.9 Å². The molecule has 0 aromatic heterocycles. The number of unbranched alkanes of at least 4 members (excludes halogenated alkanes) is 56. The van der Waals surface area contributed by atoms with Crippen LogP contribution in [0.15, 0.2) is 94.8 Å². The van der Waals surface area contributed by atoms with Crippen molar-refractivity contribution in [2.24, 2.45) is 0 Å². The number of allylic oxidation sites excluding steroid dienone is 8. The second-order valence-electron chi connectivity index (χ2n) is 31.4. The van der Waals surface area contributed by atoms with Gasteiger partial charge >= 0.3 is 61.6 Å². The molecule has 113 heavy (non-hydrogen) atoms. The maximum atomic E-state index is 12.9. The number of ether oxygens (including phenoxy) is 4. The third kappa shape index (κ3) is 67.9. The van der Waals surface area contributed by atoms with Crippen molar-refractivity contribution in [3.8, 4) is 0 Å². The predicted octanol–water partition coefficient (Wildman–Crippen LogP) is 28.7. The summed E-state index contributed by atoms with van der Waals surface area (Å²) in [5, 5.41) is 0. The molecule has 0 amide bonds. The van der Waals surface area contributed by atoms with Crippen LogP contribution in [-0.4, -0.2) is 114 Å². The zero-order valence-electron chi connectivity index (χ0n) is 72.4. The Morgan fingerprint density at radius 3 is 0.558 bits per heavy atom. The van der Waals surface area contributed by atoms with E-state index in [2.05, 4.69) is 76.3 Å². The second kappa shape index (κ2) is 80.8. The summed E-state index contributed by atoms with van der Waals surface area (Å²) >= 11 is 0. The fourth-order valence-electron chi connectivity index (χ4n) is 13.8. The Morgan fingerprint density at radius 2 is 0.389 bits per heavy atom. The predicted molar refractivity (Wildman–Crippen MR) is 470 cm³/mol. The van der Waals surface area contributed by atoms with Gasteiger partial charge in [0, 0.05) is 0 Å². The molecule has 0 unspecified atom stereocenters. The van der Waals surface area contributed by atoms with Crippen LogP contribution in [-0.2, 0) is 39.2 Å². The van der Waals surface area contributed by atoms with Crippen molar-refractivity contribution in [1.82, 2.24) is 0 Å². The molecule has 0 saturated heterocycles. The first kappa shape index (κ1) is 109. The topological polar surface area (TPSA) is 220 Å². The Bertz CT molecular complexity index is 2740. The van der Waals surface area contributed by atoms with Gasteiger partial charge in [-0.3, -0.25) is 0 Å². The molecular weight excluding hydrogens is 1480 g/mol. The molecule has 2 aromatic carbocycles. The van der Waals surface area contributed by atoms with Gasteiger partial charge in [0.25, 0.3) is 0 Å². The monoisotopic (exact) mass is 1640 g/mol. The molecule has 0 N–H and O–H groups in total. The van der Waals surface area contributed by atoms with Crippen LogP contribution in [0.5, 0.6) is 0 Å². The summed E-state index contributed by atoms with van der Waals surface area (Å²) in [6.07, 6.45) is 95.8. The van der Waals surface area contributed by atoms with E-state index < -0.39 is 53.9 Å². The van der Waals surface area contributed by atoms with Crippen LogP contribution in [0.1, 0.15) is 480 Å². The van der Waals surface area contributed by atoms with Gasteiger partial charge in [0.15, 0.2) is 0 Å². The summed E-state index contributed by atoms with van der Waals surface area (Å²) in [6.45, 7) is 9.75. The van der Waals surface area contributed by atoms with Gasteiger partial charge < -0.3 is 28.1 Å². The van der Waals surface area contributed by atoms with E-state index in [-0.39, 0.29) is 86.4 Å². The molecule has 14 nitrogen and oxygen atoms in total. The Kier molecular flexibility index (Phi) is 78.2. The Hall–Kier alpha value is -3.64. The van der Waals surface area contributed by atoms with Gasteiger partial charge in [-0.05, 0) is 165 Å². The first-order valence-electron chi connectivity index (χ1n) is 46.1. The van der Waals surface area contributed by atoms with Crippen LogP contribution in [0.3, 0.4) is 0 Å². The van der Waals surface area contributed by atoms with Gasteiger partial charge in [0.2, 0.25) is 0 Å². The van der Waals surface area contributed by atoms with Gasteiger partial charge in [-0.1, -0.05) is 359 Å². The fraction of sp³-hybridized carbons (Fsp3) is 0.750. The van der Waals surface area contributed by atoms with Crippen LogP contribution < -0.4 is 0 Å². The molecule has 0 spiro atoms. The molecule has 0 aliphatic carbocycles. The standard InChI is InChI=1S/2C48H82O7S.Ca/c2*1-3-5-7-9-11-13-15-17-19-21-23-25-27-29-31-33-35-37-41-54-47(49)45-40-39-44(56(51,52)53)43-46(45)48(50)55-42-38-36-34-32-30-28-26-24-22-20-18-16-14-12-10-8-6-4-2;/h2*19-22,39-40,43H,3-18,23-38,41-42H2,1-2H3,(H,51,52,53);/q;;+2/p-2/b2*21-19+,22-20+;. The molecule has 644 valence electrons. The minimum Gasteiger partial charge on any atom is -0.744 e. The zero-order chi connectivity index (χ0) is 81.6. The molecule has 0 heterocycles. The summed E-state index contributed by atoms with van der Waals surface area (Å²) in [4.78, 5) is 50.5. The molecule has 0 atom stereocenters. The maximum absolute atomic E-state index is 12.9. The van der Waals surface area contributed by atoms with E-state index in [1.807, 2.05) is 0 Å². The quantitative estimate of drug-likeness (QED) is 0.0150. The van der Waals surface area contributed by atoms with Crippen molar-refractivity contribution in [1.29, 1.82) is 0 Å². The molecule has 2 aromatic rings. The Labute approximate surface area is 722 Å². The van der Waals surface area contributed by atoms with E-state index in [1.54, 1.807) is 0 Å². The smallest absolute Gasteiger partial charge is 0.744 e. The molecule has 0 saturated carbocycles. The number of hydrogen-bond donors (Lipinski definition) is 0. The van der Waals surface area contributed by atoms with E-state index in [1.165, 1.54) is 295 Å². The van der Waals surface area contributed by atoms with Crippen molar-refractivity contribution in [2.45, 2.75) is 448 Å². The number of benzene rings is 2. The van der Waals surface area contributed by atoms with E-state index >= 15 is 0 Å². The largest absolute Gasteiger partial charge is 2.00 e. The number of carbonyl (C=O) groups excluding carboxylic acids is 4. The number of hydrogen-bond acceptors (Lipinski definition) is 14. The number of rotatable bonds is 78. The van der Waals surface area contributed by atoms with Gasteiger partial charge in [-0.15, -0.1) is 0 Å². The van der Waals surface area contributed by atoms with Gasteiger partial charge in [-0.25, -0.2) is 36.0 Å². The average Bonchev–Trinajstić information content (AvgIpc) is 0.814. The van der Waals surface area contributed by atoms with Crippen LogP contribution in [0.2, 0.25) is 0 Å². The fourth-order valence-corrected chi connectivity index (χ4v) is 14.8. The Morgan fingerprint density at radius 1 is 0.239 bits per heavy atom. The van der Waals surface area contributed by atoms with E-state index in [0.717, 1.165) is 127 Å². The number of carbonyl (C=O) groups is 4. The number of esters is 4. The first-order chi connectivity index (χ1) is 54.6. The molecular formula is C96H162CaO14S2. The summed E-state index contributed by atoms with van der Waals surface area (Å²) in [6, 6.07) is 6.27. The van der Waals surface area contributed by atoms with Crippen LogP contribution in [0, 0.1) is 0 Å². The van der Waals surface area contributed by atoms with E-state index in [0.29, 0.717) is 25.7 Å². The maximum Gasteiger partial charge on any atom is 2.00 e. The van der Waals surface area contributed by atoms with Crippen molar-refractivity contribution >= 4 is 81.9 Å². The van der Waals surface area contributed by atoms with Crippen molar-refractivity contribution in [3.63, 3.8) is 0 Å². The summed E-state index contributed by atoms with van der Waals surface area (Å²) in [5.41, 5.74) is -0.690. The van der Waals surface area contributed by atoms with Gasteiger partial charge in [0.1, 0.15) is 20.2 Å². The summed E-state index contributed by atoms with van der Waals surface area (Å²) < 4.78 is 91.6. The van der Waals surface area contributed by atoms with Crippen LogP contribution in [0.25, 0.3) is 0 Å². The molecule has 17 heteroatoms. The summed E-state index contributed by atoms with van der Waals surface area (Å²) in [5.74, 6) is -3.11. The van der Waals surface area contributed by atoms with Gasteiger partial charge in [0.05, 0.1) is 58.5 Å². The molecule has 0 aliphatic rings. The first-order valence-corrected chi connectivity index (χ1v) is 48.9. The molecule has 0 fully saturated rings. The minimum atomic E-state index is -4.82. The van der Waals surface area contributed by atoms with E-state index in [9.17, 15) is 45.1 Å².